The van der Waals surface area contributed by atoms with Gasteiger partial charge in [-0.2, -0.15) is 0 Å². The van der Waals surface area contributed by atoms with Gasteiger partial charge in [-0.15, -0.1) is 0 Å². The van der Waals surface area contributed by atoms with E-state index in [4.69, 9.17) is 0 Å². The van der Waals surface area contributed by atoms with Crippen LogP contribution < -0.4 is 0 Å². The summed E-state index contributed by atoms with van der Waals surface area (Å²) >= 11 is 0. The summed E-state index contributed by atoms with van der Waals surface area (Å²) in [5, 5.41) is 10.4. The Labute approximate surface area is 87.2 Å². The van der Waals surface area contributed by atoms with E-state index in [0.717, 1.165) is 25.2 Å². The third kappa shape index (κ3) is 2.31. The second-order valence-electron chi connectivity index (χ2n) is 3.42. The summed E-state index contributed by atoms with van der Waals surface area (Å²) in [4.78, 5) is 16.2. The Hall–Kier alpha value is -1.91. The number of nitro benzene ring substituents is 1. The minimum atomic E-state index is -0.388. The van der Waals surface area contributed by atoms with Crippen molar-refractivity contribution in [3.63, 3.8) is 0 Å². The summed E-state index contributed by atoms with van der Waals surface area (Å²) in [6, 6.07) is 6.62. The van der Waals surface area contributed by atoms with Gasteiger partial charge in [0.1, 0.15) is 0 Å². The first-order chi connectivity index (χ1) is 7.25. The number of nitro groups is 1. The first-order valence-electron chi connectivity index (χ1n) is 4.73. The smallest absolute Gasteiger partial charge is 0.269 e. The Balaban J connectivity index is 2.03. The van der Waals surface area contributed by atoms with Crippen LogP contribution in [0.2, 0.25) is 0 Å². The standard InChI is InChI=1S/C10H11N3O2/c14-13(15)10-3-1-9(2-4-10)7-12-6-5-11-8-12/h1-4,8H,5-7H2. The molecule has 0 radical (unpaired) electrons. The summed E-state index contributed by atoms with van der Waals surface area (Å²) in [5.74, 6) is 0. The summed E-state index contributed by atoms with van der Waals surface area (Å²) < 4.78 is 0. The molecule has 0 amide bonds. The Bertz CT molecular complexity index is 386. The quantitative estimate of drug-likeness (QED) is 0.554. The molecule has 1 aliphatic heterocycles. The molecule has 0 aromatic heterocycles. The van der Waals surface area contributed by atoms with Gasteiger partial charge in [-0.05, 0) is 5.56 Å². The lowest BCUT2D eigenvalue weighted by Crippen LogP contribution is -2.18. The number of hydrogen-bond acceptors (Lipinski definition) is 4. The lowest BCUT2D eigenvalue weighted by Gasteiger charge is -2.12. The van der Waals surface area contributed by atoms with Gasteiger partial charge in [-0.1, -0.05) is 12.1 Å². The minimum absolute atomic E-state index is 0.133. The highest BCUT2D eigenvalue weighted by Crippen LogP contribution is 2.13. The second kappa shape index (κ2) is 4.08. The molecule has 1 aliphatic rings. The van der Waals surface area contributed by atoms with E-state index in [1.54, 1.807) is 12.1 Å². The van der Waals surface area contributed by atoms with Crippen LogP contribution >= 0.6 is 0 Å². The SMILES string of the molecule is O=[N+]([O-])c1ccc(CN2C=NCC2)cc1. The maximum atomic E-state index is 10.4. The highest BCUT2D eigenvalue weighted by atomic mass is 16.6. The van der Waals surface area contributed by atoms with E-state index >= 15 is 0 Å². The van der Waals surface area contributed by atoms with Gasteiger partial charge >= 0.3 is 0 Å². The molecule has 0 saturated heterocycles. The average molecular weight is 205 g/mol. The third-order valence-electron chi connectivity index (χ3n) is 2.29. The molecule has 0 N–H and O–H groups in total. The van der Waals surface area contributed by atoms with Crippen LogP contribution in [0.15, 0.2) is 29.3 Å². The Morgan fingerprint density at radius 1 is 1.40 bits per heavy atom. The molecule has 1 aromatic carbocycles. The molecule has 0 spiro atoms. The minimum Gasteiger partial charge on any atom is -0.357 e. The molecule has 78 valence electrons. The van der Waals surface area contributed by atoms with Gasteiger partial charge in [0, 0.05) is 25.2 Å². The monoisotopic (exact) mass is 205 g/mol. The third-order valence-corrected chi connectivity index (χ3v) is 2.29. The number of rotatable bonds is 3. The Morgan fingerprint density at radius 3 is 2.67 bits per heavy atom. The van der Waals surface area contributed by atoms with E-state index in [-0.39, 0.29) is 10.6 Å². The van der Waals surface area contributed by atoms with Gasteiger partial charge in [0.15, 0.2) is 0 Å². The molecule has 5 heteroatoms. The Morgan fingerprint density at radius 2 is 2.13 bits per heavy atom. The van der Waals surface area contributed by atoms with Crippen LogP contribution in [-0.4, -0.2) is 29.3 Å². The zero-order valence-corrected chi connectivity index (χ0v) is 8.17. The van der Waals surface area contributed by atoms with Crippen molar-refractivity contribution < 1.29 is 4.92 Å². The van der Waals surface area contributed by atoms with Crippen molar-refractivity contribution in [2.45, 2.75) is 6.54 Å². The van der Waals surface area contributed by atoms with Gasteiger partial charge in [-0.3, -0.25) is 15.1 Å². The lowest BCUT2D eigenvalue weighted by atomic mass is 10.2. The van der Waals surface area contributed by atoms with E-state index in [1.165, 1.54) is 12.1 Å². The van der Waals surface area contributed by atoms with Crippen molar-refractivity contribution in [3.8, 4) is 0 Å². The second-order valence-corrected chi connectivity index (χ2v) is 3.42. The van der Waals surface area contributed by atoms with Gasteiger partial charge in [0.05, 0.1) is 17.8 Å². The fourth-order valence-corrected chi connectivity index (χ4v) is 1.49. The average Bonchev–Trinajstić information content (AvgIpc) is 2.71. The van der Waals surface area contributed by atoms with Crippen LogP contribution in [0.5, 0.6) is 0 Å². The van der Waals surface area contributed by atoms with Crippen LogP contribution in [0.4, 0.5) is 5.69 Å². The molecule has 0 atom stereocenters. The lowest BCUT2D eigenvalue weighted by molar-refractivity contribution is -0.384. The number of non-ortho nitro benzene ring substituents is 1. The van der Waals surface area contributed by atoms with Crippen molar-refractivity contribution in [2.75, 3.05) is 13.1 Å². The summed E-state index contributed by atoms with van der Waals surface area (Å²) in [6.07, 6.45) is 1.82. The molecule has 0 bridgehead atoms. The molecular weight excluding hydrogens is 194 g/mol. The molecule has 1 aromatic rings. The predicted molar refractivity (Wildman–Crippen MR) is 56.9 cm³/mol. The normalized spacial score (nSPS) is 14.5. The largest absolute Gasteiger partial charge is 0.357 e. The summed E-state index contributed by atoms with van der Waals surface area (Å²) in [7, 11) is 0. The fourth-order valence-electron chi connectivity index (χ4n) is 1.49. The van der Waals surface area contributed by atoms with Crippen LogP contribution in [0.1, 0.15) is 5.56 Å². The molecule has 15 heavy (non-hydrogen) atoms. The topological polar surface area (TPSA) is 58.7 Å². The van der Waals surface area contributed by atoms with E-state index in [9.17, 15) is 10.1 Å². The summed E-state index contributed by atoms with van der Waals surface area (Å²) in [5.41, 5.74) is 1.20. The van der Waals surface area contributed by atoms with Crippen LogP contribution in [0.25, 0.3) is 0 Å². The number of hydrogen-bond donors (Lipinski definition) is 0. The molecule has 5 nitrogen and oxygen atoms in total. The zero-order valence-electron chi connectivity index (χ0n) is 8.17. The maximum Gasteiger partial charge on any atom is 0.269 e. The highest BCUT2D eigenvalue weighted by Gasteiger charge is 2.08. The van der Waals surface area contributed by atoms with Crippen molar-refractivity contribution in [1.82, 2.24) is 4.90 Å². The predicted octanol–water partition coefficient (Wildman–Crippen LogP) is 1.44. The first kappa shape index (κ1) is 9.64. The van der Waals surface area contributed by atoms with Crippen LogP contribution in [0.3, 0.4) is 0 Å². The Kier molecular flexibility index (Phi) is 2.62. The van der Waals surface area contributed by atoms with Gasteiger partial charge < -0.3 is 4.90 Å². The number of nitrogens with zero attached hydrogens (tertiary/aromatic N) is 3. The van der Waals surface area contributed by atoms with Crippen molar-refractivity contribution in [1.29, 1.82) is 0 Å². The molecule has 0 fully saturated rings. The van der Waals surface area contributed by atoms with Crippen LogP contribution in [-0.2, 0) is 6.54 Å². The number of benzene rings is 1. The van der Waals surface area contributed by atoms with Gasteiger partial charge in [-0.25, -0.2) is 0 Å². The molecule has 0 aliphatic carbocycles. The molecule has 0 unspecified atom stereocenters. The fraction of sp³-hybridized carbons (Fsp3) is 0.300. The highest BCUT2D eigenvalue weighted by molar-refractivity contribution is 5.57. The van der Waals surface area contributed by atoms with E-state index in [0.29, 0.717) is 0 Å². The van der Waals surface area contributed by atoms with E-state index in [1.807, 2.05) is 6.34 Å². The summed E-state index contributed by atoms with van der Waals surface area (Å²) in [6.45, 7) is 2.53. The maximum absolute atomic E-state index is 10.4. The number of aliphatic imine (C=N–C) groups is 1. The molecular formula is C10H11N3O2. The van der Waals surface area contributed by atoms with Crippen molar-refractivity contribution in [3.05, 3.63) is 39.9 Å². The molecule has 0 saturated carbocycles. The van der Waals surface area contributed by atoms with Crippen LogP contribution in [0, 0.1) is 10.1 Å². The van der Waals surface area contributed by atoms with Crippen molar-refractivity contribution >= 4 is 12.0 Å². The van der Waals surface area contributed by atoms with E-state index < -0.39 is 0 Å². The van der Waals surface area contributed by atoms with E-state index in [2.05, 4.69) is 9.89 Å². The van der Waals surface area contributed by atoms with Gasteiger partial charge in [0.2, 0.25) is 0 Å². The van der Waals surface area contributed by atoms with Crippen molar-refractivity contribution in [2.24, 2.45) is 4.99 Å². The first-order valence-corrected chi connectivity index (χ1v) is 4.73. The molecule has 2 rings (SSSR count). The molecule has 1 heterocycles. The zero-order chi connectivity index (χ0) is 10.7. The van der Waals surface area contributed by atoms with Gasteiger partial charge in [0.25, 0.3) is 5.69 Å².